The summed E-state index contributed by atoms with van der Waals surface area (Å²) in [4.78, 5) is 22.4. The number of carbonyl (C=O) groups excluding carboxylic acids is 2. The van der Waals surface area contributed by atoms with Crippen LogP contribution in [0.15, 0.2) is 30.3 Å². The first-order valence-electron chi connectivity index (χ1n) is 5.34. The molecule has 18 heavy (non-hydrogen) atoms. The molecular weight excluding hydrogens is 236 g/mol. The van der Waals surface area contributed by atoms with Gasteiger partial charge in [0.15, 0.2) is 0 Å². The predicted octanol–water partition coefficient (Wildman–Crippen LogP) is 1.73. The lowest BCUT2D eigenvalue weighted by Gasteiger charge is -2.03. The van der Waals surface area contributed by atoms with Gasteiger partial charge in [-0.15, -0.1) is 0 Å². The summed E-state index contributed by atoms with van der Waals surface area (Å²) in [5.41, 5.74) is 0.381. The lowest BCUT2D eigenvalue weighted by atomic mass is 10.1. The van der Waals surface area contributed by atoms with E-state index in [9.17, 15) is 14.7 Å². The summed E-state index contributed by atoms with van der Waals surface area (Å²) < 4.78 is 9.50. The molecule has 0 saturated carbocycles. The Hall–Kier alpha value is -2.30. The van der Waals surface area contributed by atoms with Crippen molar-refractivity contribution >= 4 is 17.5 Å². The summed E-state index contributed by atoms with van der Waals surface area (Å²) in [6.45, 7) is 1.70. The normalized spacial score (nSPS) is 10.9. The Morgan fingerprint density at radius 1 is 1.39 bits per heavy atom. The Bertz CT molecular complexity index is 476. The number of hydrogen-bond donors (Lipinski definition) is 1. The molecule has 5 nitrogen and oxygen atoms in total. The zero-order chi connectivity index (χ0) is 13.5. The molecule has 0 heterocycles. The monoisotopic (exact) mass is 250 g/mol. The molecule has 0 fully saturated rings. The minimum atomic E-state index is -0.994. The largest absolute Gasteiger partial charge is 0.507 e. The van der Waals surface area contributed by atoms with E-state index < -0.39 is 11.8 Å². The highest BCUT2D eigenvalue weighted by Crippen LogP contribution is 2.18. The van der Waals surface area contributed by atoms with Crippen LogP contribution in [0.3, 0.4) is 0 Å². The lowest BCUT2D eigenvalue weighted by Crippen LogP contribution is -2.15. The van der Waals surface area contributed by atoms with E-state index in [1.165, 1.54) is 7.11 Å². The number of ketones is 1. The smallest absolute Gasteiger partial charge is 0.379 e. The fourth-order valence-corrected chi connectivity index (χ4v) is 1.25. The van der Waals surface area contributed by atoms with E-state index in [0.29, 0.717) is 11.3 Å². The Labute approximate surface area is 105 Å². The van der Waals surface area contributed by atoms with Crippen LogP contribution in [0, 0.1) is 0 Å². The van der Waals surface area contributed by atoms with Gasteiger partial charge >= 0.3 is 5.97 Å². The number of ether oxygens (including phenoxy) is 2. The highest BCUT2D eigenvalue weighted by Gasteiger charge is 2.13. The number of hydrogen-bond acceptors (Lipinski definition) is 5. The molecule has 0 unspecified atom stereocenters. The molecule has 0 aliphatic heterocycles. The van der Waals surface area contributed by atoms with Crippen LogP contribution in [-0.2, 0) is 14.3 Å². The molecule has 1 N–H and O–H groups in total. The van der Waals surface area contributed by atoms with E-state index >= 15 is 0 Å². The van der Waals surface area contributed by atoms with Gasteiger partial charge in [-0.1, -0.05) is 12.1 Å². The van der Waals surface area contributed by atoms with Crippen LogP contribution in [-0.4, -0.2) is 30.6 Å². The maximum absolute atomic E-state index is 11.3. The van der Waals surface area contributed by atoms with Crippen molar-refractivity contribution in [2.75, 3.05) is 13.7 Å². The first kappa shape index (κ1) is 13.8. The van der Waals surface area contributed by atoms with Gasteiger partial charge in [0.05, 0.1) is 13.7 Å². The zero-order valence-electron chi connectivity index (χ0n) is 10.2. The van der Waals surface area contributed by atoms with Crippen LogP contribution in [0.25, 0.3) is 5.76 Å². The fraction of sp³-hybridized carbons (Fsp3) is 0.231. The Morgan fingerprint density at radius 3 is 2.72 bits per heavy atom. The Kier molecular flexibility index (Phi) is 4.92. The molecule has 0 aliphatic carbocycles. The summed E-state index contributed by atoms with van der Waals surface area (Å²) in [6.07, 6.45) is 0.826. The third-order valence-electron chi connectivity index (χ3n) is 2.11. The molecule has 1 aromatic carbocycles. The van der Waals surface area contributed by atoms with Gasteiger partial charge in [-0.25, -0.2) is 4.79 Å². The molecule has 0 spiro atoms. The van der Waals surface area contributed by atoms with Crippen molar-refractivity contribution < 1.29 is 24.2 Å². The van der Waals surface area contributed by atoms with E-state index in [2.05, 4.69) is 4.74 Å². The number of rotatable bonds is 5. The minimum absolute atomic E-state index is 0.109. The highest BCUT2D eigenvalue weighted by atomic mass is 16.5. The maximum Gasteiger partial charge on any atom is 0.379 e. The van der Waals surface area contributed by atoms with E-state index in [0.717, 1.165) is 6.08 Å². The Balaban J connectivity index is 2.88. The minimum Gasteiger partial charge on any atom is -0.507 e. The molecule has 1 rings (SSSR count). The van der Waals surface area contributed by atoms with Crippen molar-refractivity contribution in [3.8, 4) is 5.75 Å². The van der Waals surface area contributed by atoms with Crippen LogP contribution in [0.1, 0.15) is 12.5 Å². The van der Waals surface area contributed by atoms with Crippen molar-refractivity contribution in [1.82, 2.24) is 0 Å². The second-order valence-electron chi connectivity index (χ2n) is 3.35. The predicted molar refractivity (Wildman–Crippen MR) is 65.2 cm³/mol. The molecule has 0 aromatic heterocycles. The third kappa shape index (κ3) is 3.62. The molecule has 0 bridgehead atoms. The SMILES string of the molecule is CCOC(=O)C(=O)/C=C(\O)c1cccc(OC)c1. The maximum atomic E-state index is 11.3. The summed E-state index contributed by atoms with van der Waals surface area (Å²) in [7, 11) is 1.49. The van der Waals surface area contributed by atoms with E-state index in [1.54, 1.807) is 31.2 Å². The van der Waals surface area contributed by atoms with Crippen molar-refractivity contribution in [2.45, 2.75) is 6.92 Å². The highest BCUT2D eigenvalue weighted by molar-refractivity contribution is 6.39. The number of esters is 1. The van der Waals surface area contributed by atoms with E-state index in [1.807, 2.05) is 0 Å². The second kappa shape index (κ2) is 6.44. The number of carbonyl (C=O) groups is 2. The zero-order valence-corrected chi connectivity index (χ0v) is 10.2. The van der Waals surface area contributed by atoms with Gasteiger partial charge in [0.1, 0.15) is 11.5 Å². The van der Waals surface area contributed by atoms with Gasteiger partial charge in [0.2, 0.25) is 0 Å². The number of aliphatic hydroxyl groups excluding tert-OH is 1. The van der Waals surface area contributed by atoms with Crippen LogP contribution in [0.4, 0.5) is 0 Å². The van der Waals surface area contributed by atoms with Crippen molar-refractivity contribution in [3.63, 3.8) is 0 Å². The standard InChI is InChI=1S/C13H14O5/c1-3-18-13(16)12(15)8-11(14)9-5-4-6-10(7-9)17-2/h4-8,14H,3H2,1-2H3/b11-8-. The van der Waals surface area contributed by atoms with Crippen molar-refractivity contribution in [2.24, 2.45) is 0 Å². The van der Waals surface area contributed by atoms with Gasteiger partial charge in [-0.05, 0) is 19.1 Å². The van der Waals surface area contributed by atoms with E-state index in [-0.39, 0.29) is 12.4 Å². The summed E-state index contributed by atoms with van der Waals surface area (Å²) in [6, 6.07) is 6.49. The lowest BCUT2D eigenvalue weighted by molar-refractivity contribution is -0.151. The fourth-order valence-electron chi connectivity index (χ4n) is 1.25. The van der Waals surface area contributed by atoms with E-state index in [4.69, 9.17) is 4.74 Å². The summed E-state index contributed by atoms with van der Waals surface area (Å²) in [5, 5.41) is 9.70. The number of aliphatic hydroxyl groups is 1. The quantitative estimate of drug-likeness (QED) is 0.373. The average Bonchev–Trinajstić information content (AvgIpc) is 2.39. The number of benzene rings is 1. The molecule has 0 amide bonds. The first-order valence-corrected chi connectivity index (χ1v) is 5.34. The van der Waals surface area contributed by atoms with Crippen molar-refractivity contribution in [3.05, 3.63) is 35.9 Å². The van der Waals surface area contributed by atoms with Gasteiger partial charge in [0.25, 0.3) is 5.78 Å². The topological polar surface area (TPSA) is 72.8 Å². The van der Waals surface area contributed by atoms with Crippen LogP contribution < -0.4 is 4.74 Å². The molecule has 0 saturated heterocycles. The summed E-state index contributed by atoms with van der Waals surface area (Å²) in [5.74, 6) is -1.67. The first-order chi connectivity index (χ1) is 8.58. The Morgan fingerprint density at radius 2 is 2.11 bits per heavy atom. The van der Waals surface area contributed by atoms with Gasteiger partial charge in [-0.2, -0.15) is 0 Å². The molecular formula is C13H14O5. The average molecular weight is 250 g/mol. The second-order valence-corrected chi connectivity index (χ2v) is 3.35. The van der Waals surface area contributed by atoms with Crippen LogP contribution in [0.2, 0.25) is 0 Å². The summed E-state index contributed by atoms with van der Waals surface area (Å²) >= 11 is 0. The number of methoxy groups -OCH3 is 1. The van der Waals surface area contributed by atoms with Gasteiger partial charge < -0.3 is 14.6 Å². The molecule has 0 atom stereocenters. The van der Waals surface area contributed by atoms with Crippen molar-refractivity contribution in [1.29, 1.82) is 0 Å². The van der Waals surface area contributed by atoms with Crippen LogP contribution in [0.5, 0.6) is 5.75 Å². The van der Waals surface area contributed by atoms with Crippen LogP contribution >= 0.6 is 0 Å². The molecule has 5 heteroatoms. The molecule has 0 aliphatic rings. The molecule has 96 valence electrons. The van der Waals surface area contributed by atoms with Gasteiger partial charge in [0, 0.05) is 11.6 Å². The van der Waals surface area contributed by atoms with Gasteiger partial charge in [-0.3, -0.25) is 4.79 Å². The third-order valence-corrected chi connectivity index (χ3v) is 2.11. The molecule has 0 radical (unpaired) electrons. The molecule has 1 aromatic rings.